The molecular weight excluding hydrogens is 256 g/mol. The second-order valence-corrected chi connectivity index (χ2v) is 4.73. The van der Waals surface area contributed by atoms with Gasteiger partial charge in [-0.15, -0.1) is 0 Å². The van der Waals surface area contributed by atoms with Gasteiger partial charge in [0.25, 0.3) is 0 Å². The Kier molecular flexibility index (Phi) is 2.91. The second kappa shape index (κ2) is 4.19. The number of cyclic esters (lactones) is 1. The van der Waals surface area contributed by atoms with Gasteiger partial charge in [0.2, 0.25) is 0 Å². The lowest BCUT2D eigenvalue weighted by Crippen LogP contribution is -2.04. The van der Waals surface area contributed by atoms with Crippen LogP contribution in [-0.2, 0) is 9.53 Å². The third-order valence-electron chi connectivity index (χ3n) is 2.48. The third-order valence-corrected chi connectivity index (χ3v) is 2.93. The Labute approximate surface area is 97.1 Å². The van der Waals surface area contributed by atoms with Gasteiger partial charge in [0.1, 0.15) is 5.76 Å². The molecule has 2 nitrogen and oxygen atoms in total. The van der Waals surface area contributed by atoms with Gasteiger partial charge >= 0.3 is 5.97 Å². The van der Waals surface area contributed by atoms with E-state index in [0.717, 1.165) is 15.8 Å². The van der Waals surface area contributed by atoms with Crippen LogP contribution in [0, 0.1) is 0 Å². The highest BCUT2D eigenvalue weighted by Gasteiger charge is 2.32. The van der Waals surface area contributed by atoms with E-state index in [9.17, 15) is 4.79 Å². The molecule has 78 valence electrons. The predicted molar refractivity (Wildman–Crippen MR) is 61.5 cm³/mol. The minimum atomic E-state index is -0.157. The Morgan fingerprint density at radius 1 is 1.40 bits per heavy atom. The lowest BCUT2D eigenvalue weighted by atomic mass is 9.97. The molecule has 1 aromatic carbocycles. The maximum atomic E-state index is 11.6. The highest BCUT2D eigenvalue weighted by Crippen LogP contribution is 2.35. The highest BCUT2D eigenvalue weighted by molar-refractivity contribution is 9.11. The van der Waals surface area contributed by atoms with Crippen molar-refractivity contribution in [2.24, 2.45) is 0 Å². The van der Waals surface area contributed by atoms with Gasteiger partial charge in [0, 0.05) is 10.9 Å². The van der Waals surface area contributed by atoms with E-state index in [1.54, 1.807) is 0 Å². The summed E-state index contributed by atoms with van der Waals surface area (Å²) in [5.41, 5.74) is 1.02. The van der Waals surface area contributed by atoms with Gasteiger partial charge in [-0.05, 0) is 12.5 Å². The van der Waals surface area contributed by atoms with Crippen LogP contribution in [-0.4, -0.2) is 5.97 Å². The number of carbonyl (C=O) groups is 1. The standard InChI is InChI=1S/C12H11BrO2/c1-8(13)11-7-10(12(14)15-11)9-5-3-2-4-6-9/h2-6,10H,7H2,1H3/b11-8+. The van der Waals surface area contributed by atoms with Crippen molar-refractivity contribution in [3.05, 3.63) is 46.1 Å². The van der Waals surface area contributed by atoms with E-state index in [0.29, 0.717) is 6.42 Å². The molecule has 0 N–H and O–H groups in total. The SMILES string of the molecule is C/C(Br)=C1/CC(c2ccccc2)C(=O)O1. The zero-order valence-corrected chi connectivity index (χ0v) is 9.95. The lowest BCUT2D eigenvalue weighted by Gasteiger charge is -2.03. The van der Waals surface area contributed by atoms with Gasteiger partial charge in [-0.25, -0.2) is 0 Å². The quantitative estimate of drug-likeness (QED) is 0.729. The molecule has 0 aliphatic carbocycles. The molecule has 0 saturated carbocycles. The van der Waals surface area contributed by atoms with Gasteiger partial charge in [-0.3, -0.25) is 4.79 Å². The van der Waals surface area contributed by atoms with Crippen LogP contribution in [0.5, 0.6) is 0 Å². The summed E-state index contributed by atoms with van der Waals surface area (Å²) < 4.78 is 6.08. The van der Waals surface area contributed by atoms with Gasteiger partial charge in [-0.1, -0.05) is 46.3 Å². The molecule has 1 saturated heterocycles. The lowest BCUT2D eigenvalue weighted by molar-refractivity contribution is -0.136. The summed E-state index contributed by atoms with van der Waals surface area (Å²) in [6, 6.07) is 9.73. The molecule has 1 aliphatic rings. The first-order valence-electron chi connectivity index (χ1n) is 4.80. The van der Waals surface area contributed by atoms with Crippen molar-refractivity contribution in [2.75, 3.05) is 0 Å². The number of allylic oxidation sites excluding steroid dienone is 2. The van der Waals surface area contributed by atoms with Crippen LogP contribution in [0.2, 0.25) is 0 Å². The van der Waals surface area contributed by atoms with Crippen LogP contribution in [0.1, 0.15) is 24.8 Å². The molecule has 1 unspecified atom stereocenters. The fourth-order valence-electron chi connectivity index (χ4n) is 1.65. The first-order chi connectivity index (χ1) is 7.18. The smallest absolute Gasteiger partial charge is 0.318 e. The largest absolute Gasteiger partial charge is 0.430 e. The van der Waals surface area contributed by atoms with Crippen LogP contribution in [0.15, 0.2) is 40.6 Å². The molecule has 3 heteroatoms. The van der Waals surface area contributed by atoms with Crippen LogP contribution in [0.3, 0.4) is 0 Å². The maximum absolute atomic E-state index is 11.6. The van der Waals surface area contributed by atoms with Crippen molar-refractivity contribution in [1.29, 1.82) is 0 Å². The number of hydrogen-bond acceptors (Lipinski definition) is 2. The summed E-state index contributed by atoms with van der Waals surface area (Å²) in [6.07, 6.45) is 0.653. The number of rotatable bonds is 1. The monoisotopic (exact) mass is 266 g/mol. The predicted octanol–water partition coefficient (Wildman–Crippen LogP) is 3.34. The second-order valence-electron chi connectivity index (χ2n) is 3.55. The number of esters is 1. The van der Waals surface area contributed by atoms with E-state index in [-0.39, 0.29) is 11.9 Å². The Balaban J connectivity index is 2.27. The van der Waals surface area contributed by atoms with E-state index < -0.39 is 0 Å². The molecule has 15 heavy (non-hydrogen) atoms. The number of benzene rings is 1. The van der Waals surface area contributed by atoms with Crippen molar-refractivity contribution in [1.82, 2.24) is 0 Å². The Bertz CT molecular complexity index is 405. The molecule has 1 aromatic rings. The molecule has 0 radical (unpaired) electrons. The van der Waals surface area contributed by atoms with Crippen molar-refractivity contribution >= 4 is 21.9 Å². The van der Waals surface area contributed by atoms with Gasteiger partial charge in [0.15, 0.2) is 0 Å². The van der Waals surface area contributed by atoms with Crippen LogP contribution in [0.4, 0.5) is 0 Å². The van der Waals surface area contributed by atoms with Crippen molar-refractivity contribution in [3.63, 3.8) is 0 Å². The topological polar surface area (TPSA) is 26.3 Å². The molecule has 0 aromatic heterocycles. The highest BCUT2D eigenvalue weighted by atomic mass is 79.9. The molecule has 1 aliphatic heterocycles. The molecule has 0 bridgehead atoms. The fraction of sp³-hybridized carbons (Fsp3) is 0.250. The van der Waals surface area contributed by atoms with Crippen LogP contribution < -0.4 is 0 Å². The minimum absolute atomic E-state index is 0.145. The molecule has 0 spiro atoms. The summed E-state index contributed by atoms with van der Waals surface area (Å²) in [5.74, 6) is 0.442. The Morgan fingerprint density at radius 2 is 2.07 bits per heavy atom. The number of carbonyl (C=O) groups excluding carboxylic acids is 1. The van der Waals surface area contributed by atoms with E-state index in [4.69, 9.17) is 4.74 Å². The van der Waals surface area contributed by atoms with Crippen molar-refractivity contribution < 1.29 is 9.53 Å². The number of hydrogen-bond donors (Lipinski definition) is 0. The molecule has 1 heterocycles. The van der Waals surface area contributed by atoms with Gasteiger partial charge in [-0.2, -0.15) is 0 Å². The van der Waals surface area contributed by atoms with Crippen molar-refractivity contribution in [3.8, 4) is 0 Å². The maximum Gasteiger partial charge on any atom is 0.318 e. The normalized spacial score (nSPS) is 23.9. The summed E-state index contributed by atoms with van der Waals surface area (Å²) in [6.45, 7) is 1.88. The summed E-state index contributed by atoms with van der Waals surface area (Å²) in [4.78, 5) is 11.6. The number of ether oxygens (including phenoxy) is 1. The van der Waals surface area contributed by atoms with E-state index in [2.05, 4.69) is 15.9 Å². The van der Waals surface area contributed by atoms with Gasteiger partial charge in [0.05, 0.1) is 5.92 Å². The first-order valence-corrected chi connectivity index (χ1v) is 5.59. The third kappa shape index (κ3) is 2.12. The zero-order valence-electron chi connectivity index (χ0n) is 8.37. The molecule has 2 rings (SSSR count). The summed E-state index contributed by atoms with van der Waals surface area (Å²) >= 11 is 3.33. The first kappa shape index (κ1) is 10.4. The molecule has 1 fully saturated rings. The van der Waals surface area contributed by atoms with E-state index in [1.807, 2.05) is 37.3 Å². The van der Waals surface area contributed by atoms with Crippen LogP contribution >= 0.6 is 15.9 Å². The number of halogens is 1. The average molecular weight is 267 g/mol. The fourth-order valence-corrected chi connectivity index (χ4v) is 1.90. The zero-order chi connectivity index (χ0) is 10.8. The van der Waals surface area contributed by atoms with E-state index >= 15 is 0 Å². The van der Waals surface area contributed by atoms with Crippen LogP contribution in [0.25, 0.3) is 0 Å². The minimum Gasteiger partial charge on any atom is -0.430 e. The summed E-state index contributed by atoms with van der Waals surface area (Å²) in [7, 11) is 0. The molecule has 0 amide bonds. The van der Waals surface area contributed by atoms with Gasteiger partial charge < -0.3 is 4.74 Å². The summed E-state index contributed by atoms with van der Waals surface area (Å²) in [5, 5.41) is 0. The Hall–Kier alpha value is -1.09. The molecular formula is C12H11BrO2. The van der Waals surface area contributed by atoms with E-state index in [1.165, 1.54) is 0 Å². The average Bonchev–Trinajstić information content (AvgIpc) is 2.62. The van der Waals surface area contributed by atoms with Crippen molar-refractivity contribution in [2.45, 2.75) is 19.3 Å². The molecule has 1 atom stereocenters. The Morgan fingerprint density at radius 3 is 2.60 bits per heavy atom.